The van der Waals surface area contributed by atoms with Crippen LogP contribution in [0.5, 0.6) is 5.88 Å². The lowest BCUT2D eigenvalue weighted by atomic mass is 10.1. The van der Waals surface area contributed by atoms with Gasteiger partial charge < -0.3 is 10.1 Å². The third-order valence-corrected chi connectivity index (χ3v) is 3.44. The molecule has 0 unspecified atom stereocenters. The number of aromatic nitrogens is 2. The molecule has 0 fully saturated rings. The second-order valence-electron chi connectivity index (χ2n) is 4.44. The zero-order valence-electron chi connectivity index (χ0n) is 10.4. The Hall–Kier alpha value is -1.52. The van der Waals surface area contributed by atoms with Crippen LogP contribution in [0.25, 0.3) is 11.4 Å². The maximum atomic E-state index is 11.9. The van der Waals surface area contributed by atoms with E-state index in [1.54, 1.807) is 18.2 Å². The van der Waals surface area contributed by atoms with Crippen molar-refractivity contribution in [1.82, 2.24) is 9.97 Å². The van der Waals surface area contributed by atoms with E-state index in [2.05, 4.69) is 9.97 Å². The Kier molecular flexibility index (Phi) is 3.83. The van der Waals surface area contributed by atoms with E-state index >= 15 is 0 Å². The number of benzene rings is 1. The molecule has 1 aromatic carbocycles. The van der Waals surface area contributed by atoms with Crippen LogP contribution < -0.4 is 5.56 Å². The lowest BCUT2D eigenvalue weighted by Gasteiger charge is -2.08. The average Bonchev–Trinajstić information content (AvgIpc) is 2.31. The van der Waals surface area contributed by atoms with E-state index < -0.39 is 0 Å². The minimum Gasteiger partial charge on any atom is -0.493 e. The van der Waals surface area contributed by atoms with Crippen LogP contribution in [0, 0.1) is 0 Å². The van der Waals surface area contributed by atoms with Crippen LogP contribution in [0.2, 0.25) is 10.0 Å². The summed E-state index contributed by atoms with van der Waals surface area (Å²) < 4.78 is 0. The highest BCUT2D eigenvalue weighted by molar-refractivity contribution is 6.42. The van der Waals surface area contributed by atoms with Gasteiger partial charge in [0.05, 0.1) is 15.6 Å². The van der Waals surface area contributed by atoms with Crippen LogP contribution in [0.15, 0.2) is 23.0 Å². The molecule has 0 bridgehead atoms. The number of nitrogens with one attached hydrogen (secondary N) is 1. The summed E-state index contributed by atoms with van der Waals surface area (Å²) >= 11 is 11.7. The summed E-state index contributed by atoms with van der Waals surface area (Å²) in [5.41, 5.74) is 0.490. The van der Waals surface area contributed by atoms with Gasteiger partial charge in [-0.1, -0.05) is 37.0 Å². The third kappa shape index (κ3) is 2.74. The van der Waals surface area contributed by atoms with Gasteiger partial charge in [0.15, 0.2) is 0 Å². The second-order valence-corrected chi connectivity index (χ2v) is 5.25. The third-order valence-electron chi connectivity index (χ3n) is 2.71. The smallest absolute Gasteiger partial charge is 0.258 e. The summed E-state index contributed by atoms with van der Waals surface area (Å²) in [4.78, 5) is 18.5. The van der Waals surface area contributed by atoms with E-state index in [-0.39, 0.29) is 28.7 Å². The van der Waals surface area contributed by atoms with Crippen LogP contribution >= 0.6 is 23.2 Å². The number of rotatable bonds is 2. The highest BCUT2D eigenvalue weighted by Gasteiger charge is 2.15. The van der Waals surface area contributed by atoms with Gasteiger partial charge >= 0.3 is 0 Å². The Balaban J connectivity index is 2.58. The van der Waals surface area contributed by atoms with Crippen LogP contribution in [-0.4, -0.2) is 15.1 Å². The zero-order chi connectivity index (χ0) is 14.2. The van der Waals surface area contributed by atoms with Gasteiger partial charge in [-0.3, -0.25) is 4.79 Å². The van der Waals surface area contributed by atoms with Crippen molar-refractivity contribution in [2.45, 2.75) is 19.8 Å². The number of hydrogen-bond acceptors (Lipinski definition) is 3. The van der Waals surface area contributed by atoms with Crippen molar-refractivity contribution in [3.05, 3.63) is 44.2 Å². The maximum absolute atomic E-state index is 11.9. The van der Waals surface area contributed by atoms with Crippen molar-refractivity contribution in [3.8, 4) is 17.3 Å². The number of nitrogens with zero attached hydrogens (tertiary/aromatic N) is 1. The minimum atomic E-state index is -0.358. The van der Waals surface area contributed by atoms with Crippen LogP contribution in [0.1, 0.15) is 25.3 Å². The molecule has 19 heavy (non-hydrogen) atoms. The molecule has 0 aliphatic heterocycles. The molecule has 0 aliphatic rings. The summed E-state index contributed by atoms with van der Waals surface area (Å²) in [6.45, 7) is 3.62. The van der Waals surface area contributed by atoms with E-state index in [4.69, 9.17) is 23.2 Å². The number of halogens is 2. The summed E-state index contributed by atoms with van der Waals surface area (Å²) in [6.07, 6.45) is 0. The predicted octanol–water partition coefficient (Wildman–Crippen LogP) is 3.57. The van der Waals surface area contributed by atoms with Gasteiger partial charge in [0.1, 0.15) is 5.82 Å². The average molecular weight is 299 g/mol. The standard InChI is InChI=1S/C13H12Cl2N2O2/c1-6(2)10-12(18)16-11(17-13(10)19)7-3-4-8(14)9(15)5-7/h3-6H,1-2H3,(H2,16,17,18,19). The van der Waals surface area contributed by atoms with Crippen molar-refractivity contribution in [1.29, 1.82) is 0 Å². The molecular weight excluding hydrogens is 287 g/mol. The zero-order valence-corrected chi connectivity index (χ0v) is 11.9. The molecular formula is C13H12Cl2N2O2. The second kappa shape index (κ2) is 5.23. The molecule has 2 N–H and O–H groups in total. The molecule has 0 saturated heterocycles. The Bertz CT molecular complexity index is 681. The largest absolute Gasteiger partial charge is 0.493 e. The summed E-state index contributed by atoms with van der Waals surface area (Å²) in [5, 5.41) is 10.6. The Morgan fingerprint density at radius 1 is 1.26 bits per heavy atom. The fourth-order valence-electron chi connectivity index (χ4n) is 1.77. The van der Waals surface area contributed by atoms with Crippen molar-refractivity contribution >= 4 is 23.2 Å². The SMILES string of the molecule is CC(C)c1c(O)nc(-c2ccc(Cl)c(Cl)c2)[nH]c1=O. The van der Waals surface area contributed by atoms with E-state index in [0.717, 1.165) is 0 Å². The molecule has 1 aromatic heterocycles. The molecule has 2 aromatic rings. The van der Waals surface area contributed by atoms with Gasteiger partial charge in [-0.15, -0.1) is 0 Å². The number of hydrogen-bond donors (Lipinski definition) is 2. The fourth-order valence-corrected chi connectivity index (χ4v) is 2.07. The van der Waals surface area contributed by atoms with Gasteiger partial charge in [0.25, 0.3) is 5.56 Å². The molecule has 0 saturated carbocycles. The Labute approximate surface area is 120 Å². The first kappa shape index (κ1) is 13.9. The normalized spacial score (nSPS) is 11.0. The first-order chi connectivity index (χ1) is 8.90. The van der Waals surface area contributed by atoms with Gasteiger partial charge in [-0.2, -0.15) is 4.98 Å². The van der Waals surface area contributed by atoms with Crippen molar-refractivity contribution in [2.75, 3.05) is 0 Å². The van der Waals surface area contributed by atoms with Crippen molar-refractivity contribution < 1.29 is 5.11 Å². The first-order valence-electron chi connectivity index (χ1n) is 5.68. The van der Waals surface area contributed by atoms with Crippen LogP contribution in [0.3, 0.4) is 0 Å². The predicted molar refractivity (Wildman–Crippen MR) is 76.1 cm³/mol. The first-order valence-corrected chi connectivity index (χ1v) is 6.44. The quantitative estimate of drug-likeness (QED) is 0.891. The molecule has 0 amide bonds. The van der Waals surface area contributed by atoms with E-state index in [0.29, 0.717) is 15.6 Å². The molecule has 100 valence electrons. The van der Waals surface area contributed by atoms with Crippen LogP contribution in [-0.2, 0) is 0 Å². The lowest BCUT2D eigenvalue weighted by molar-refractivity contribution is 0.440. The highest BCUT2D eigenvalue weighted by atomic mass is 35.5. The molecule has 0 radical (unpaired) electrons. The number of aromatic hydroxyl groups is 1. The summed E-state index contributed by atoms with van der Waals surface area (Å²) in [7, 11) is 0. The molecule has 1 heterocycles. The summed E-state index contributed by atoms with van der Waals surface area (Å²) in [6, 6.07) is 4.85. The van der Waals surface area contributed by atoms with Crippen molar-refractivity contribution in [3.63, 3.8) is 0 Å². The molecule has 6 heteroatoms. The Morgan fingerprint density at radius 2 is 1.95 bits per heavy atom. The van der Waals surface area contributed by atoms with Gasteiger partial charge in [-0.25, -0.2) is 0 Å². The molecule has 0 aliphatic carbocycles. The van der Waals surface area contributed by atoms with E-state index in [9.17, 15) is 9.90 Å². The van der Waals surface area contributed by atoms with Gasteiger partial charge in [-0.05, 0) is 24.1 Å². The van der Waals surface area contributed by atoms with E-state index in [1.165, 1.54) is 0 Å². The molecule has 4 nitrogen and oxygen atoms in total. The Morgan fingerprint density at radius 3 is 2.47 bits per heavy atom. The number of H-pyrrole nitrogens is 1. The van der Waals surface area contributed by atoms with Gasteiger partial charge in [0, 0.05) is 5.56 Å². The van der Waals surface area contributed by atoms with Crippen LogP contribution in [0.4, 0.5) is 0 Å². The topological polar surface area (TPSA) is 66.0 Å². The minimum absolute atomic E-state index is 0.112. The molecule has 0 spiro atoms. The fraction of sp³-hybridized carbons (Fsp3) is 0.231. The maximum Gasteiger partial charge on any atom is 0.258 e. The van der Waals surface area contributed by atoms with E-state index in [1.807, 2.05) is 13.8 Å². The molecule has 2 rings (SSSR count). The number of aromatic amines is 1. The van der Waals surface area contributed by atoms with Crippen molar-refractivity contribution in [2.24, 2.45) is 0 Å². The van der Waals surface area contributed by atoms with Gasteiger partial charge in [0.2, 0.25) is 5.88 Å². The lowest BCUT2D eigenvalue weighted by Crippen LogP contribution is -2.16. The summed E-state index contributed by atoms with van der Waals surface area (Å²) in [5.74, 6) is -0.121. The highest BCUT2D eigenvalue weighted by Crippen LogP contribution is 2.28. The monoisotopic (exact) mass is 298 g/mol. The molecule has 0 atom stereocenters.